The smallest absolute Gasteiger partial charge is 0.400 e. The van der Waals surface area contributed by atoms with E-state index in [9.17, 15) is 13.2 Å². The molecular weight excluding hydrogens is 267 g/mol. The molecule has 0 aliphatic carbocycles. The number of nitrogens with zero attached hydrogens (tertiary/aromatic N) is 1. The topological polar surface area (TPSA) is 70.6 Å². The van der Waals surface area contributed by atoms with Crippen LogP contribution < -0.4 is 11.1 Å². The molecule has 1 atom stereocenters. The summed E-state index contributed by atoms with van der Waals surface area (Å²) < 4.78 is 37.6. The SMILES string of the molecule is N/C(=N/O)C(CNCCc1cccs1)C(F)(F)F. The van der Waals surface area contributed by atoms with Crippen molar-refractivity contribution in [2.45, 2.75) is 12.6 Å². The first kappa shape index (κ1) is 14.8. The van der Waals surface area contributed by atoms with Crippen molar-refractivity contribution in [1.82, 2.24) is 5.32 Å². The van der Waals surface area contributed by atoms with E-state index in [0.717, 1.165) is 4.88 Å². The second-order valence-corrected chi connectivity index (χ2v) is 4.68. The van der Waals surface area contributed by atoms with Crippen LogP contribution in [0.15, 0.2) is 22.7 Å². The predicted octanol–water partition coefficient (Wildman–Crippen LogP) is 1.81. The summed E-state index contributed by atoms with van der Waals surface area (Å²) in [7, 11) is 0. The molecule has 0 saturated carbocycles. The Kier molecular flexibility index (Phi) is 5.42. The molecule has 102 valence electrons. The summed E-state index contributed by atoms with van der Waals surface area (Å²) in [6, 6.07) is 3.80. The van der Waals surface area contributed by atoms with Gasteiger partial charge < -0.3 is 16.3 Å². The van der Waals surface area contributed by atoms with E-state index in [0.29, 0.717) is 13.0 Å². The Bertz CT molecular complexity index is 378. The Morgan fingerprint density at radius 3 is 2.78 bits per heavy atom. The zero-order valence-electron chi connectivity index (χ0n) is 9.44. The van der Waals surface area contributed by atoms with E-state index in [2.05, 4.69) is 10.5 Å². The van der Waals surface area contributed by atoms with Crippen LogP contribution in [-0.4, -0.2) is 30.3 Å². The minimum absolute atomic E-state index is 0.398. The van der Waals surface area contributed by atoms with Crippen LogP contribution in [0.2, 0.25) is 0 Å². The van der Waals surface area contributed by atoms with Crippen LogP contribution in [0.1, 0.15) is 4.88 Å². The van der Waals surface area contributed by atoms with E-state index in [-0.39, 0.29) is 0 Å². The lowest BCUT2D eigenvalue weighted by Gasteiger charge is -2.19. The molecule has 4 N–H and O–H groups in total. The Morgan fingerprint density at radius 1 is 1.56 bits per heavy atom. The highest BCUT2D eigenvalue weighted by molar-refractivity contribution is 7.09. The van der Waals surface area contributed by atoms with E-state index >= 15 is 0 Å². The molecule has 0 amide bonds. The lowest BCUT2D eigenvalue weighted by Crippen LogP contribution is -2.43. The van der Waals surface area contributed by atoms with E-state index in [1.807, 2.05) is 17.5 Å². The van der Waals surface area contributed by atoms with Gasteiger partial charge in [0.25, 0.3) is 0 Å². The first-order valence-corrected chi connectivity index (χ1v) is 6.10. The number of nitrogens with two attached hydrogens (primary N) is 1. The molecule has 1 unspecified atom stereocenters. The fourth-order valence-electron chi connectivity index (χ4n) is 1.37. The largest absolute Gasteiger partial charge is 0.409 e. The van der Waals surface area contributed by atoms with Gasteiger partial charge in [0, 0.05) is 11.4 Å². The molecule has 1 rings (SSSR count). The van der Waals surface area contributed by atoms with Crippen molar-refractivity contribution in [3.05, 3.63) is 22.4 Å². The maximum Gasteiger partial charge on any atom is 0.400 e. The summed E-state index contributed by atoms with van der Waals surface area (Å²) in [4.78, 5) is 1.09. The first-order valence-electron chi connectivity index (χ1n) is 5.22. The van der Waals surface area contributed by atoms with Crippen molar-refractivity contribution in [1.29, 1.82) is 0 Å². The minimum atomic E-state index is -4.52. The molecule has 0 aliphatic heterocycles. The molecule has 0 radical (unpaired) electrons. The average molecular weight is 281 g/mol. The van der Waals surface area contributed by atoms with Gasteiger partial charge in [0.1, 0.15) is 5.92 Å². The molecule has 0 bridgehead atoms. The molecule has 0 fully saturated rings. The molecule has 0 spiro atoms. The van der Waals surface area contributed by atoms with Gasteiger partial charge in [-0.3, -0.25) is 0 Å². The van der Waals surface area contributed by atoms with Gasteiger partial charge in [-0.15, -0.1) is 11.3 Å². The van der Waals surface area contributed by atoms with Gasteiger partial charge in [-0.1, -0.05) is 11.2 Å². The number of halogens is 3. The Hall–Kier alpha value is -1.28. The zero-order valence-corrected chi connectivity index (χ0v) is 10.3. The lowest BCUT2D eigenvalue weighted by molar-refractivity contribution is -0.154. The number of nitrogens with one attached hydrogen (secondary N) is 1. The number of alkyl halides is 3. The number of hydrogen-bond donors (Lipinski definition) is 3. The van der Waals surface area contributed by atoms with Gasteiger partial charge in [-0.25, -0.2) is 0 Å². The van der Waals surface area contributed by atoms with Gasteiger partial charge in [-0.05, 0) is 24.4 Å². The second kappa shape index (κ2) is 6.60. The molecule has 1 aromatic rings. The molecule has 0 aromatic carbocycles. The Balaban J connectivity index is 2.39. The van der Waals surface area contributed by atoms with Crippen LogP contribution in [0, 0.1) is 5.92 Å². The van der Waals surface area contributed by atoms with Crippen molar-refractivity contribution >= 4 is 17.2 Å². The maximum absolute atomic E-state index is 12.5. The molecule has 18 heavy (non-hydrogen) atoms. The maximum atomic E-state index is 12.5. The molecular formula is C10H14F3N3OS. The third kappa shape index (κ3) is 4.53. The summed E-state index contributed by atoms with van der Waals surface area (Å²) in [5.74, 6) is -2.79. The predicted molar refractivity (Wildman–Crippen MR) is 63.8 cm³/mol. The van der Waals surface area contributed by atoms with Crippen molar-refractivity contribution in [2.24, 2.45) is 16.8 Å². The number of amidine groups is 1. The third-order valence-corrected chi connectivity index (χ3v) is 3.28. The Morgan fingerprint density at radius 2 is 2.28 bits per heavy atom. The molecule has 8 heteroatoms. The minimum Gasteiger partial charge on any atom is -0.409 e. The van der Waals surface area contributed by atoms with Crippen LogP contribution >= 0.6 is 11.3 Å². The average Bonchev–Trinajstić information content (AvgIpc) is 2.79. The quantitative estimate of drug-likeness (QED) is 0.245. The number of thiophene rings is 1. The number of hydrogen-bond acceptors (Lipinski definition) is 4. The number of rotatable bonds is 6. The first-order chi connectivity index (χ1) is 8.45. The fraction of sp³-hybridized carbons (Fsp3) is 0.500. The van der Waals surface area contributed by atoms with Crippen molar-refractivity contribution in [2.75, 3.05) is 13.1 Å². The van der Waals surface area contributed by atoms with Crippen LogP contribution in [0.4, 0.5) is 13.2 Å². The summed E-state index contributed by atoms with van der Waals surface area (Å²) in [6.45, 7) is 0.0105. The zero-order chi connectivity index (χ0) is 13.6. The molecule has 1 heterocycles. The molecule has 0 saturated heterocycles. The lowest BCUT2D eigenvalue weighted by atomic mass is 10.1. The summed E-state index contributed by atoms with van der Waals surface area (Å²) >= 11 is 1.55. The van der Waals surface area contributed by atoms with Gasteiger partial charge >= 0.3 is 6.18 Å². The highest BCUT2D eigenvalue weighted by Gasteiger charge is 2.42. The van der Waals surface area contributed by atoms with Gasteiger partial charge in [0.05, 0.1) is 0 Å². The van der Waals surface area contributed by atoms with E-state index in [1.54, 1.807) is 11.3 Å². The van der Waals surface area contributed by atoms with E-state index in [1.165, 1.54) is 0 Å². The van der Waals surface area contributed by atoms with Crippen LogP contribution in [-0.2, 0) is 6.42 Å². The molecule has 1 aromatic heterocycles. The van der Waals surface area contributed by atoms with Crippen molar-refractivity contribution < 1.29 is 18.4 Å². The van der Waals surface area contributed by atoms with Crippen LogP contribution in [0.3, 0.4) is 0 Å². The normalized spacial score (nSPS) is 14.7. The van der Waals surface area contributed by atoms with E-state index < -0.39 is 24.5 Å². The highest BCUT2D eigenvalue weighted by Crippen LogP contribution is 2.25. The standard InChI is InChI=1S/C10H14F3N3OS/c11-10(12,13)8(9(14)16-17)6-15-4-3-7-2-1-5-18-7/h1-2,5,8,15,17H,3-4,6H2,(H2,14,16). The monoisotopic (exact) mass is 281 g/mol. The molecule has 4 nitrogen and oxygen atoms in total. The summed E-state index contributed by atoms with van der Waals surface area (Å²) in [6.07, 6.45) is -3.87. The third-order valence-electron chi connectivity index (χ3n) is 2.34. The van der Waals surface area contributed by atoms with Crippen molar-refractivity contribution in [3.63, 3.8) is 0 Å². The van der Waals surface area contributed by atoms with Gasteiger partial charge in [-0.2, -0.15) is 13.2 Å². The molecule has 0 aliphatic rings. The van der Waals surface area contributed by atoms with Gasteiger partial charge in [0.15, 0.2) is 5.84 Å². The summed E-state index contributed by atoms with van der Waals surface area (Å²) in [5, 5.41) is 15.3. The van der Waals surface area contributed by atoms with Gasteiger partial charge in [0.2, 0.25) is 0 Å². The Labute approximate surface area is 106 Å². The second-order valence-electron chi connectivity index (χ2n) is 3.65. The fourth-order valence-corrected chi connectivity index (χ4v) is 2.08. The number of oxime groups is 1. The van der Waals surface area contributed by atoms with E-state index in [4.69, 9.17) is 10.9 Å². The van der Waals surface area contributed by atoms with Crippen LogP contribution in [0.5, 0.6) is 0 Å². The summed E-state index contributed by atoms with van der Waals surface area (Å²) in [5.41, 5.74) is 5.02. The van der Waals surface area contributed by atoms with Crippen LogP contribution in [0.25, 0.3) is 0 Å². The van der Waals surface area contributed by atoms with Crippen molar-refractivity contribution in [3.8, 4) is 0 Å². The highest BCUT2D eigenvalue weighted by atomic mass is 32.1.